The van der Waals surface area contributed by atoms with Crippen molar-refractivity contribution in [1.82, 2.24) is 0 Å². The van der Waals surface area contributed by atoms with E-state index in [1.54, 1.807) is 0 Å². The zero-order valence-corrected chi connectivity index (χ0v) is 8.85. The van der Waals surface area contributed by atoms with Gasteiger partial charge in [0.15, 0.2) is 0 Å². The Kier molecular flexibility index (Phi) is 3.55. The molecule has 16 heavy (non-hydrogen) atoms. The van der Waals surface area contributed by atoms with E-state index in [1.165, 1.54) is 0 Å². The van der Waals surface area contributed by atoms with Gasteiger partial charge in [-0.05, 0) is 0 Å². The van der Waals surface area contributed by atoms with E-state index >= 15 is 0 Å². The minimum atomic E-state index is -9.45. The van der Waals surface area contributed by atoms with Crippen LogP contribution in [0, 0.1) is 0 Å². The molecular formula is C4H3F10PS. The number of halogens is 10. The number of alkyl halides is 9. The van der Waals surface area contributed by atoms with Gasteiger partial charge in [0, 0.05) is 0 Å². The first-order valence-electron chi connectivity index (χ1n) is 3.13. The molecule has 0 saturated heterocycles. The van der Waals surface area contributed by atoms with Crippen molar-refractivity contribution in [2.24, 2.45) is 0 Å². The first kappa shape index (κ1) is 16.1. The fraction of sp³-hybridized carbons (Fsp3) is 1.00. The molecule has 0 aliphatic carbocycles. The van der Waals surface area contributed by atoms with Crippen molar-refractivity contribution in [3.8, 4) is 0 Å². The summed E-state index contributed by atoms with van der Waals surface area (Å²) in [5, 5.41) is 0. The van der Waals surface area contributed by atoms with E-state index in [0.29, 0.717) is 0 Å². The van der Waals surface area contributed by atoms with Crippen LogP contribution in [0.3, 0.4) is 0 Å². The third kappa shape index (κ3) is 1.50. The molecule has 0 saturated carbocycles. The van der Waals surface area contributed by atoms with Crippen LogP contribution in [-0.4, -0.2) is 24.0 Å². The SMILES string of the molecule is CSP(F)(C(F)(F)F)(C(F)(F)F)C(F)(F)F. The fourth-order valence-electron chi connectivity index (χ4n) is 0.742. The van der Waals surface area contributed by atoms with E-state index in [1.807, 2.05) is 0 Å². The van der Waals surface area contributed by atoms with Crippen molar-refractivity contribution in [2.75, 3.05) is 6.26 Å². The topological polar surface area (TPSA) is 0 Å². The first-order valence-corrected chi connectivity index (χ1v) is 7.09. The Hall–Kier alpha value is 0.0800. The molecule has 100 valence electrons. The molecule has 0 N–H and O–H groups in total. The Morgan fingerprint density at radius 3 is 0.875 bits per heavy atom. The molecule has 0 heterocycles. The predicted octanol–water partition coefficient (Wildman–Crippen LogP) is 5.26. The van der Waals surface area contributed by atoms with Crippen LogP contribution in [0.25, 0.3) is 0 Å². The molecule has 0 aliphatic rings. The summed E-state index contributed by atoms with van der Waals surface area (Å²) in [5.74, 6) is -21.2. The van der Waals surface area contributed by atoms with E-state index in [9.17, 15) is 43.7 Å². The number of rotatable bonds is 1. The van der Waals surface area contributed by atoms with Crippen LogP contribution in [0.1, 0.15) is 0 Å². The first-order chi connectivity index (χ1) is 6.64. The van der Waals surface area contributed by atoms with Gasteiger partial charge < -0.3 is 0 Å². The summed E-state index contributed by atoms with van der Waals surface area (Å²) >= 11 is -1.87. The Morgan fingerprint density at radius 1 is 0.688 bits per heavy atom. The second-order valence-corrected chi connectivity index (χ2v) is 9.42. The minimum absolute atomic E-state index is 0.202. The third-order valence-electron chi connectivity index (χ3n) is 1.70. The third-order valence-corrected chi connectivity index (χ3v) is 9.02. The Balaban J connectivity index is 6.31. The fourth-order valence-corrected chi connectivity index (χ4v) is 4.09. The van der Waals surface area contributed by atoms with Crippen LogP contribution in [0.2, 0.25) is 0 Å². The average Bonchev–Trinajstić information content (AvgIpc) is 1.95. The maximum atomic E-state index is 13.1. The summed E-state index contributed by atoms with van der Waals surface area (Å²) in [6.07, 6.45) is -9.65. The summed E-state index contributed by atoms with van der Waals surface area (Å²) in [4.78, 5) is 0. The molecule has 0 amide bonds. The predicted molar refractivity (Wildman–Crippen MR) is 39.7 cm³/mol. The summed E-state index contributed by atoms with van der Waals surface area (Å²) in [6.45, 7) is 0. The van der Waals surface area contributed by atoms with Crippen LogP contribution in [0.5, 0.6) is 0 Å². The van der Waals surface area contributed by atoms with Crippen molar-refractivity contribution < 1.29 is 43.7 Å². The van der Waals surface area contributed by atoms with Crippen LogP contribution < -0.4 is 0 Å². The van der Waals surface area contributed by atoms with Gasteiger partial charge in [0.05, 0.1) is 0 Å². The quantitative estimate of drug-likeness (QED) is 0.470. The molecule has 0 bridgehead atoms. The van der Waals surface area contributed by atoms with Gasteiger partial charge in [-0.15, -0.1) is 0 Å². The standard InChI is InChI=1S/C4H3F10PS/c1-16-15(14,2(5,6)7,3(8,9)10)4(11,12)13/h1H3. The molecule has 12 heteroatoms. The number of hydrogen-bond donors (Lipinski definition) is 0. The van der Waals surface area contributed by atoms with Crippen molar-refractivity contribution in [3.63, 3.8) is 0 Å². The van der Waals surface area contributed by atoms with Crippen LogP contribution in [0.15, 0.2) is 0 Å². The Labute approximate surface area is 86.2 Å². The van der Waals surface area contributed by atoms with Gasteiger partial charge in [-0.25, -0.2) is 0 Å². The van der Waals surface area contributed by atoms with E-state index in [-0.39, 0.29) is 6.26 Å². The van der Waals surface area contributed by atoms with Gasteiger partial charge in [0.25, 0.3) is 0 Å². The van der Waals surface area contributed by atoms with Gasteiger partial charge >= 0.3 is 85.2 Å². The molecule has 0 fully saturated rings. The number of hydrogen-bond acceptors (Lipinski definition) is 1. The second kappa shape index (κ2) is 3.54. The molecule has 0 aromatic carbocycles. The van der Waals surface area contributed by atoms with E-state index < -0.39 is 35.2 Å². The molecule has 0 radical (unpaired) electrons. The molecule has 0 aliphatic heterocycles. The van der Waals surface area contributed by atoms with Gasteiger partial charge in [-0.3, -0.25) is 0 Å². The zero-order valence-electron chi connectivity index (χ0n) is 7.14. The van der Waals surface area contributed by atoms with Crippen LogP contribution in [-0.2, 0) is 0 Å². The summed E-state index contributed by atoms with van der Waals surface area (Å²) in [6, 6.07) is 0. The zero-order chi connectivity index (χ0) is 13.7. The molecule has 0 aromatic heterocycles. The summed E-state index contributed by atoms with van der Waals surface area (Å²) < 4.78 is 121. The molecular weight excluding hydrogens is 301 g/mol. The molecule has 0 unspecified atom stereocenters. The van der Waals surface area contributed by atoms with Crippen LogP contribution >= 0.6 is 17.5 Å². The van der Waals surface area contributed by atoms with Crippen molar-refractivity contribution >= 4 is 17.5 Å². The average molecular weight is 304 g/mol. The van der Waals surface area contributed by atoms with E-state index in [0.717, 1.165) is 0 Å². The van der Waals surface area contributed by atoms with E-state index in [4.69, 9.17) is 0 Å². The Bertz CT molecular complexity index is 233. The molecule has 0 nitrogen and oxygen atoms in total. The summed E-state index contributed by atoms with van der Waals surface area (Å²) in [7, 11) is 0. The van der Waals surface area contributed by atoms with Crippen molar-refractivity contribution in [2.45, 2.75) is 17.8 Å². The molecule has 0 aromatic rings. The molecule has 0 spiro atoms. The maximum absolute atomic E-state index is 13.1. The van der Waals surface area contributed by atoms with Crippen molar-refractivity contribution in [1.29, 1.82) is 0 Å². The molecule has 0 atom stereocenters. The van der Waals surface area contributed by atoms with Gasteiger partial charge in [0.2, 0.25) is 0 Å². The monoisotopic (exact) mass is 304 g/mol. The molecule has 0 rings (SSSR count). The van der Waals surface area contributed by atoms with Gasteiger partial charge in [-0.1, -0.05) is 0 Å². The van der Waals surface area contributed by atoms with Crippen molar-refractivity contribution in [3.05, 3.63) is 0 Å². The second-order valence-electron chi connectivity index (χ2n) is 2.52. The summed E-state index contributed by atoms with van der Waals surface area (Å²) in [5.41, 5.74) is 0. The Morgan fingerprint density at radius 2 is 0.875 bits per heavy atom. The van der Waals surface area contributed by atoms with Gasteiger partial charge in [-0.2, -0.15) is 0 Å². The normalized spacial score (nSPS) is 18.1. The van der Waals surface area contributed by atoms with Crippen LogP contribution in [0.4, 0.5) is 43.7 Å². The van der Waals surface area contributed by atoms with Gasteiger partial charge in [0.1, 0.15) is 0 Å². The van der Waals surface area contributed by atoms with E-state index in [2.05, 4.69) is 0 Å².